The van der Waals surface area contributed by atoms with Crippen LogP contribution in [-0.2, 0) is 7.05 Å². The van der Waals surface area contributed by atoms with E-state index in [2.05, 4.69) is 19.2 Å². The highest BCUT2D eigenvalue weighted by atomic mass is 16.2. The van der Waals surface area contributed by atoms with Crippen LogP contribution in [0.5, 0.6) is 0 Å². The molecule has 0 saturated carbocycles. The number of fused-ring (bicyclic) bond motifs is 1. The molecular formula is C26H34N4O2. The standard InChI is InChI=1S/C26H34N4O2/c1-7-22(24-27-21-14-9-8-13-20(21)25(31)29(24)6)30(16-15-17(2)3)26(32)28-23-18(4)11-10-12-19(23)5/h8-14,17,22H,7,15-16H2,1-6H3,(H,28,32). The SMILES string of the molecule is CCC(c1nc2ccccc2c(=O)n1C)N(CCC(C)C)C(=O)Nc1c(C)cccc1C. The number of nitrogens with zero attached hydrogens (tertiary/aromatic N) is 3. The third-order valence-electron chi connectivity index (χ3n) is 6.00. The monoisotopic (exact) mass is 434 g/mol. The maximum absolute atomic E-state index is 13.6. The number of benzene rings is 2. The lowest BCUT2D eigenvalue weighted by atomic mass is 10.1. The predicted octanol–water partition coefficient (Wildman–Crippen LogP) is 5.58. The summed E-state index contributed by atoms with van der Waals surface area (Å²) in [4.78, 5) is 33.2. The van der Waals surface area contributed by atoms with E-state index in [1.807, 2.05) is 62.1 Å². The molecule has 6 nitrogen and oxygen atoms in total. The smallest absolute Gasteiger partial charge is 0.314 e. The first-order valence-corrected chi connectivity index (χ1v) is 11.3. The summed E-state index contributed by atoms with van der Waals surface area (Å²) in [7, 11) is 1.74. The number of nitrogens with one attached hydrogen (secondary N) is 1. The van der Waals surface area contributed by atoms with Gasteiger partial charge in [0.1, 0.15) is 5.82 Å². The topological polar surface area (TPSA) is 67.2 Å². The molecular weight excluding hydrogens is 400 g/mol. The normalized spacial score (nSPS) is 12.2. The molecule has 0 radical (unpaired) electrons. The number of carbonyl (C=O) groups excluding carboxylic acids is 1. The van der Waals surface area contributed by atoms with Gasteiger partial charge in [-0.15, -0.1) is 0 Å². The lowest BCUT2D eigenvalue weighted by Gasteiger charge is -2.32. The van der Waals surface area contributed by atoms with Gasteiger partial charge in [0.15, 0.2) is 0 Å². The van der Waals surface area contributed by atoms with E-state index in [0.717, 1.165) is 23.2 Å². The van der Waals surface area contributed by atoms with Gasteiger partial charge in [-0.3, -0.25) is 9.36 Å². The summed E-state index contributed by atoms with van der Waals surface area (Å²) in [6.45, 7) is 10.9. The van der Waals surface area contributed by atoms with Crippen molar-refractivity contribution in [2.24, 2.45) is 13.0 Å². The molecule has 1 heterocycles. The van der Waals surface area contributed by atoms with Crippen LogP contribution in [0.3, 0.4) is 0 Å². The van der Waals surface area contributed by atoms with Gasteiger partial charge < -0.3 is 10.2 Å². The van der Waals surface area contributed by atoms with E-state index in [1.54, 1.807) is 17.7 Å². The third kappa shape index (κ3) is 4.85. The van der Waals surface area contributed by atoms with Crippen molar-refractivity contribution in [3.05, 3.63) is 69.8 Å². The molecule has 32 heavy (non-hydrogen) atoms. The van der Waals surface area contributed by atoms with Crippen LogP contribution in [0.1, 0.15) is 56.6 Å². The summed E-state index contributed by atoms with van der Waals surface area (Å²) in [5.41, 5.74) is 3.44. The first kappa shape index (κ1) is 23.5. The Morgan fingerprint density at radius 2 is 1.75 bits per heavy atom. The van der Waals surface area contributed by atoms with E-state index in [0.29, 0.717) is 35.6 Å². The first-order valence-electron chi connectivity index (χ1n) is 11.3. The Morgan fingerprint density at radius 3 is 2.38 bits per heavy atom. The van der Waals surface area contributed by atoms with E-state index >= 15 is 0 Å². The van der Waals surface area contributed by atoms with E-state index in [4.69, 9.17) is 4.98 Å². The van der Waals surface area contributed by atoms with E-state index in [1.165, 1.54) is 0 Å². The van der Waals surface area contributed by atoms with Crippen LogP contribution in [0.2, 0.25) is 0 Å². The molecule has 3 aromatic rings. The Hall–Kier alpha value is -3.15. The van der Waals surface area contributed by atoms with Crippen molar-refractivity contribution < 1.29 is 4.79 Å². The highest BCUT2D eigenvalue weighted by Gasteiger charge is 2.28. The number of hydrogen-bond donors (Lipinski definition) is 1. The Morgan fingerprint density at radius 1 is 1.09 bits per heavy atom. The van der Waals surface area contributed by atoms with Crippen LogP contribution in [0.25, 0.3) is 10.9 Å². The molecule has 3 rings (SSSR count). The zero-order valence-corrected chi connectivity index (χ0v) is 20.0. The molecule has 170 valence electrons. The third-order valence-corrected chi connectivity index (χ3v) is 6.00. The van der Waals surface area contributed by atoms with Gasteiger partial charge in [0, 0.05) is 19.3 Å². The van der Waals surface area contributed by atoms with Gasteiger partial charge in [-0.2, -0.15) is 0 Å². The largest absolute Gasteiger partial charge is 0.322 e. The Kier molecular flexibility index (Phi) is 7.33. The maximum atomic E-state index is 13.6. The summed E-state index contributed by atoms with van der Waals surface area (Å²) in [6, 6.07) is 12.8. The number of rotatable bonds is 7. The zero-order valence-electron chi connectivity index (χ0n) is 20.0. The molecule has 0 saturated heterocycles. The fourth-order valence-electron chi connectivity index (χ4n) is 4.06. The minimum Gasteiger partial charge on any atom is -0.314 e. The number of para-hydroxylation sites is 2. The molecule has 6 heteroatoms. The first-order chi connectivity index (χ1) is 15.2. The van der Waals surface area contributed by atoms with Crippen molar-refractivity contribution in [2.75, 3.05) is 11.9 Å². The molecule has 1 aromatic heterocycles. The van der Waals surface area contributed by atoms with Gasteiger partial charge in [0.05, 0.1) is 16.9 Å². The number of urea groups is 1. The van der Waals surface area contributed by atoms with Crippen LogP contribution in [0.4, 0.5) is 10.5 Å². The number of anilines is 1. The minimum absolute atomic E-state index is 0.0944. The van der Waals surface area contributed by atoms with Crippen molar-refractivity contribution in [1.82, 2.24) is 14.5 Å². The van der Waals surface area contributed by atoms with Crippen molar-refractivity contribution in [1.29, 1.82) is 0 Å². The Bertz CT molecular complexity index is 1150. The molecule has 0 aliphatic heterocycles. The van der Waals surface area contributed by atoms with Gasteiger partial charge in [-0.1, -0.05) is 51.1 Å². The quantitative estimate of drug-likeness (QED) is 0.528. The van der Waals surface area contributed by atoms with Crippen molar-refractivity contribution in [3.63, 3.8) is 0 Å². The number of aromatic nitrogens is 2. The maximum Gasteiger partial charge on any atom is 0.322 e. The molecule has 2 amide bonds. The number of amides is 2. The molecule has 0 aliphatic rings. The number of carbonyl (C=O) groups is 1. The van der Waals surface area contributed by atoms with Crippen LogP contribution in [-0.4, -0.2) is 27.0 Å². The van der Waals surface area contributed by atoms with Crippen molar-refractivity contribution in [3.8, 4) is 0 Å². The van der Waals surface area contributed by atoms with Crippen LogP contribution in [0, 0.1) is 19.8 Å². The van der Waals surface area contributed by atoms with Gasteiger partial charge in [-0.05, 0) is 55.9 Å². The second-order valence-electron chi connectivity index (χ2n) is 8.85. The second kappa shape index (κ2) is 9.98. The highest BCUT2D eigenvalue weighted by molar-refractivity contribution is 5.91. The summed E-state index contributed by atoms with van der Waals surface area (Å²) < 4.78 is 1.59. The van der Waals surface area contributed by atoms with Crippen LogP contribution >= 0.6 is 0 Å². The van der Waals surface area contributed by atoms with Gasteiger partial charge in [-0.25, -0.2) is 9.78 Å². The van der Waals surface area contributed by atoms with E-state index < -0.39 is 0 Å². The average molecular weight is 435 g/mol. The Balaban J connectivity index is 2.05. The van der Waals surface area contributed by atoms with Crippen molar-refractivity contribution in [2.45, 2.75) is 53.5 Å². The van der Waals surface area contributed by atoms with Crippen molar-refractivity contribution >= 4 is 22.6 Å². The van der Waals surface area contributed by atoms with Crippen LogP contribution < -0.4 is 10.9 Å². The number of hydrogen-bond acceptors (Lipinski definition) is 3. The fraction of sp³-hybridized carbons (Fsp3) is 0.423. The molecule has 0 spiro atoms. The highest BCUT2D eigenvalue weighted by Crippen LogP contribution is 2.27. The molecule has 2 aromatic carbocycles. The lowest BCUT2D eigenvalue weighted by molar-refractivity contribution is 0.176. The van der Waals surface area contributed by atoms with E-state index in [9.17, 15) is 9.59 Å². The molecule has 1 unspecified atom stereocenters. The van der Waals surface area contributed by atoms with Gasteiger partial charge in [0.25, 0.3) is 5.56 Å². The average Bonchev–Trinajstić information content (AvgIpc) is 2.76. The number of aryl methyl sites for hydroxylation is 2. The molecule has 0 bridgehead atoms. The second-order valence-corrected chi connectivity index (χ2v) is 8.85. The fourth-order valence-corrected chi connectivity index (χ4v) is 4.06. The van der Waals surface area contributed by atoms with Gasteiger partial charge >= 0.3 is 6.03 Å². The zero-order chi connectivity index (χ0) is 23.4. The summed E-state index contributed by atoms with van der Waals surface area (Å²) >= 11 is 0. The van der Waals surface area contributed by atoms with E-state index in [-0.39, 0.29) is 17.6 Å². The minimum atomic E-state index is -0.319. The molecule has 0 fully saturated rings. The summed E-state index contributed by atoms with van der Waals surface area (Å²) in [6.07, 6.45) is 1.51. The lowest BCUT2D eigenvalue weighted by Crippen LogP contribution is -2.41. The van der Waals surface area contributed by atoms with Crippen LogP contribution in [0.15, 0.2) is 47.3 Å². The van der Waals surface area contributed by atoms with Gasteiger partial charge in [0.2, 0.25) is 0 Å². The molecule has 1 N–H and O–H groups in total. The Labute approximate surface area is 190 Å². The summed E-state index contributed by atoms with van der Waals surface area (Å²) in [5, 5.41) is 3.72. The predicted molar refractivity (Wildman–Crippen MR) is 131 cm³/mol. The molecule has 1 atom stereocenters. The summed E-state index contributed by atoms with van der Waals surface area (Å²) in [5.74, 6) is 1.05. The molecule has 0 aliphatic carbocycles.